The third kappa shape index (κ3) is 4.70. The van der Waals surface area contributed by atoms with Gasteiger partial charge in [-0.15, -0.1) is 0 Å². The molecule has 0 saturated carbocycles. The molecule has 1 N–H and O–H groups in total. The number of rotatable bonds is 5. The van der Waals surface area contributed by atoms with Gasteiger partial charge in [-0.3, -0.25) is 0 Å². The second-order valence-corrected chi connectivity index (χ2v) is 7.97. The predicted octanol–water partition coefficient (Wildman–Crippen LogP) is 0.836. The van der Waals surface area contributed by atoms with E-state index in [2.05, 4.69) is 0 Å². The maximum absolute atomic E-state index is 11.5. The van der Waals surface area contributed by atoms with Crippen molar-refractivity contribution in [2.24, 2.45) is 11.8 Å². The average Bonchev–Trinajstić information content (AvgIpc) is 2.80. The highest BCUT2D eigenvalue weighted by Gasteiger charge is 2.28. The molecule has 0 aromatic carbocycles. The summed E-state index contributed by atoms with van der Waals surface area (Å²) in [4.78, 5) is 0. The highest BCUT2D eigenvalue weighted by molar-refractivity contribution is 7.88. The summed E-state index contributed by atoms with van der Waals surface area (Å²) in [6, 6.07) is 0. The number of ether oxygens (including phenoxy) is 1. The van der Waals surface area contributed by atoms with Gasteiger partial charge in [0.2, 0.25) is 10.0 Å². The van der Waals surface area contributed by atoms with Gasteiger partial charge in [0.05, 0.1) is 12.4 Å². The molecule has 2 aliphatic rings. The van der Waals surface area contributed by atoms with Gasteiger partial charge < -0.3 is 9.84 Å². The van der Waals surface area contributed by atoms with E-state index in [0.29, 0.717) is 31.3 Å². The molecule has 0 aliphatic carbocycles. The van der Waals surface area contributed by atoms with Crippen LogP contribution in [0.5, 0.6) is 0 Å². The quantitative estimate of drug-likeness (QED) is 0.815. The molecule has 5 nitrogen and oxygen atoms in total. The van der Waals surface area contributed by atoms with Gasteiger partial charge in [-0.25, -0.2) is 12.7 Å². The van der Waals surface area contributed by atoms with Crippen molar-refractivity contribution in [2.45, 2.75) is 38.2 Å². The normalized spacial score (nSPS) is 31.5. The van der Waals surface area contributed by atoms with E-state index in [1.807, 2.05) is 0 Å². The first kappa shape index (κ1) is 15.2. The monoisotopic (exact) mass is 291 g/mol. The third-order valence-corrected chi connectivity index (χ3v) is 5.46. The molecule has 2 rings (SSSR count). The summed E-state index contributed by atoms with van der Waals surface area (Å²) in [6.45, 7) is 2.76. The lowest BCUT2D eigenvalue weighted by Gasteiger charge is -2.32. The largest absolute Gasteiger partial charge is 0.393 e. The van der Waals surface area contributed by atoms with Gasteiger partial charge in [-0.2, -0.15) is 0 Å². The van der Waals surface area contributed by atoms with Crippen molar-refractivity contribution in [3.8, 4) is 0 Å². The minimum Gasteiger partial charge on any atom is -0.393 e. The van der Waals surface area contributed by atoms with E-state index < -0.39 is 10.0 Å². The van der Waals surface area contributed by atoms with E-state index in [1.54, 1.807) is 4.31 Å². The summed E-state index contributed by atoms with van der Waals surface area (Å²) in [5, 5.41) is 10.1. The summed E-state index contributed by atoms with van der Waals surface area (Å²) in [5.41, 5.74) is 0. The van der Waals surface area contributed by atoms with Crippen LogP contribution in [0.2, 0.25) is 0 Å². The van der Waals surface area contributed by atoms with Crippen molar-refractivity contribution in [3.63, 3.8) is 0 Å². The Kier molecular flexibility index (Phi) is 5.22. The van der Waals surface area contributed by atoms with Gasteiger partial charge in [-0.05, 0) is 43.9 Å². The zero-order valence-corrected chi connectivity index (χ0v) is 12.4. The molecule has 2 heterocycles. The Morgan fingerprint density at radius 3 is 2.68 bits per heavy atom. The molecule has 112 valence electrons. The number of sulfonamides is 1. The van der Waals surface area contributed by atoms with E-state index in [4.69, 9.17) is 4.74 Å². The summed E-state index contributed by atoms with van der Waals surface area (Å²) >= 11 is 0. The Hall–Kier alpha value is -0.170. The van der Waals surface area contributed by atoms with Crippen molar-refractivity contribution in [1.29, 1.82) is 0 Å². The van der Waals surface area contributed by atoms with Crippen molar-refractivity contribution < 1.29 is 18.3 Å². The number of aliphatic hydroxyl groups excluding tert-OH is 1. The number of aliphatic hydroxyl groups is 1. The summed E-state index contributed by atoms with van der Waals surface area (Å²) in [5.74, 6) is 0.769. The number of hydrogen-bond acceptors (Lipinski definition) is 4. The highest BCUT2D eigenvalue weighted by Crippen LogP contribution is 2.26. The molecule has 2 aliphatic heterocycles. The molecule has 0 bridgehead atoms. The van der Waals surface area contributed by atoms with Gasteiger partial charge in [0.25, 0.3) is 0 Å². The van der Waals surface area contributed by atoms with Gasteiger partial charge in [0, 0.05) is 26.3 Å². The van der Waals surface area contributed by atoms with E-state index >= 15 is 0 Å². The van der Waals surface area contributed by atoms with Crippen molar-refractivity contribution in [1.82, 2.24) is 4.31 Å². The topological polar surface area (TPSA) is 66.8 Å². The molecule has 3 unspecified atom stereocenters. The fourth-order valence-electron chi connectivity index (χ4n) is 3.16. The van der Waals surface area contributed by atoms with Crippen LogP contribution >= 0.6 is 0 Å². The van der Waals surface area contributed by atoms with Crippen molar-refractivity contribution in [2.75, 3.05) is 32.6 Å². The number of piperidine rings is 1. The fourth-order valence-corrected chi connectivity index (χ4v) is 4.10. The Labute approximate surface area is 116 Å². The fraction of sp³-hybridized carbons (Fsp3) is 1.00. The van der Waals surface area contributed by atoms with Crippen LogP contribution < -0.4 is 0 Å². The molecule has 0 aromatic heterocycles. The molecule has 6 heteroatoms. The van der Waals surface area contributed by atoms with Gasteiger partial charge in [0.15, 0.2) is 0 Å². The second-order valence-electron chi connectivity index (χ2n) is 5.98. The SMILES string of the molecule is CS(=O)(=O)N1CCCC(CC(O)CC2CCOC2)C1. The smallest absolute Gasteiger partial charge is 0.211 e. The van der Waals surface area contributed by atoms with Gasteiger partial charge in [-0.1, -0.05) is 0 Å². The van der Waals surface area contributed by atoms with Gasteiger partial charge >= 0.3 is 0 Å². The Bertz CT molecular complexity index is 378. The van der Waals surface area contributed by atoms with Crippen LogP contribution in [0.3, 0.4) is 0 Å². The van der Waals surface area contributed by atoms with Crippen LogP contribution in [0.1, 0.15) is 32.1 Å². The van der Waals surface area contributed by atoms with E-state index in [9.17, 15) is 13.5 Å². The lowest BCUT2D eigenvalue weighted by atomic mass is 9.89. The van der Waals surface area contributed by atoms with Crippen LogP contribution in [0.15, 0.2) is 0 Å². The Morgan fingerprint density at radius 2 is 2.05 bits per heavy atom. The van der Waals surface area contributed by atoms with Gasteiger partial charge in [0.1, 0.15) is 0 Å². The summed E-state index contributed by atoms with van der Waals surface area (Å²) < 4.78 is 29.9. The van der Waals surface area contributed by atoms with E-state index in [0.717, 1.165) is 38.9 Å². The second kappa shape index (κ2) is 6.52. The standard InChI is InChI=1S/C13H25NO4S/c1-19(16,17)14-5-2-3-11(9-14)7-13(15)8-12-4-6-18-10-12/h11-13,15H,2-10H2,1H3. The Morgan fingerprint density at radius 1 is 1.32 bits per heavy atom. The highest BCUT2D eigenvalue weighted by atomic mass is 32.2. The van der Waals surface area contributed by atoms with Crippen LogP contribution in [-0.2, 0) is 14.8 Å². The maximum Gasteiger partial charge on any atom is 0.211 e. The zero-order chi connectivity index (χ0) is 13.9. The van der Waals surface area contributed by atoms with E-state index in [1.165, 1.54) is 6.26 Å². The van der Waals surface area contributed by atoms with Crippen LogP contribution in [-0.4, -0.2) is 56.5 Å². The molecule has 0 amide bonds. The van der Waals surface area contributed by atoms with Crippen molar-refractivity contribution >= 4 is 10.0 Å². The molecule has 2 saturated heterocycles. The van der Waals surface area contributed by atoms with Crippen LogP contribution in [0, 0.1) is 11.8 Å². The predicted molar refractivity (Wildman–Crippen MR) is 73.3 cm³/mol. The van der Waals surface area contributed by atoms with E-state index in [-0.39, 0.29) is 6.10 Å². The number of nitrogens with zero attached hydrogens (tertiary/aromatic N) is 1. The summed E-state index contributed by atoms with van der Waals surface area (Å²) in [6.07, 6.45) is 5.40. The zero-order valence-electron chi connectivity index (χ0n) is 11.6. The minimum atomic E-state index is -3.09. The number of hydrogen-bond donors (Lipinski definition) is 1. The average molecular weight is 291 g/mol. The lowest BCUT2D eigenvalue weighted by molar-refractivity contribution is 0.0932. The maximum atomic E-state index is 11.5. The van der Waals surface area contributed by atoms with Crippen LogP contribution in [0.25, 0.3) is 0 Å². The Balaban J connectivity index is 1.78. The van der Waals surface area contributed by atoms with Crippen LogP contribution in [0.4, 0.5) is 0 Å². The lowest BCUT2D eigenvalue weighted by Crippen LogP contribution is -2.40. The molecule has 0 aromatic rings. The minimum absolute atomic E-state index is 0.292. The molecule has 2 fully saturated rings. The molecule has 0 radical (unpaired) electrons. The molecule has 3 atom stereocenters. The van der Waals surface area contributed by atoms with Crippen molar-refractivity contribution in [3.05, 3.63) is 0 Å². The molecular formula is C13H25NO4S. The summed E-state index contributed by atoms with van der Waals surface area (Å²) in [7, 11) is -3.09. The molecular weight excluding hydrogens is 266 g/mol. The first-order valence-corrected chi connectivity index (χ1v) is 9.01. The first-order valence-electron chi connectivity index (χ1n) is 7.16. The third-order valence-electron chi connectivity index (χ3n) is 4.19. The molecule has 0 spiro atoms. The molecule has 19 heavy (non-hydrogen) atoms. The first-order chi connectivity index (χ1) is 8.95.